The fourth-order valence-corrected chi connectivity index (χ4v) is 2.54. The van der Waals surface area contributed by atoms with E-state index in [0.717, 1.165) is 24.2 Å². The second-order valence-electron chi connectivity index (χ2n) is 6.54. The van der Waals surface area contributed by atoms with Gasteiger partial charge in [-0.05, 0) is 32.4 Å². The van der Waals surface area contributed by atoms with E-state index < -0.39 is 6.10 Å². The van der Waals surface area contributed by atoms with Crippen molar-refractivity contribution in [3.05, 3.63) is 47.6 Å². The Morgan fingerprint density at radius 1 is 1.33 bits per heavy atom. The summed E-state index contributed by atoms with van der Waals surface area (Å²) < 4.78 is 10.9. The molecule has 3 rings (SSSR count). The van der Waals surface area contributed by atoms with Gasteiger partial charge >= 0.3 is 0 Å². The number of nitrogens with zero attached hydrogens (tertiary/aromatic N) is 3. The molecule has 1 saturated carbocycles. The van der Waals surface area contributed by atoms with Crippen molar-refractivity contribution in [3.8, 4) is 0 Å². The molecule has 1 fully saturated rings. The standard InChI is InChI=1S/C18H25N3O3/c1-13(18-19-17(20-24-18)15-8-9-15)21(2)10-16(22)12-23-11-14-6-4-3-5-7-14/h3-7,13,15-16,22H,8-12H2,1-2H3/t13-,16-/m1/s1. The van der Waals surface area contributed by atoms with E-state index in [1.807, 2.05) is 49.2 Å². The Balaban J connectivity index is 1.41. The second-order valence-corrected chi connectivity index (χ2v) is 6.54. The highest BCUT2D eigenvalue weighted by atomic mass is 16.5. The highest BCUT2D eigenvalue weighted by Crippen LogP contribution is 2.38. The van der Waals surface area contributed by atoms with E-state index in [1.165, 1.54) is 0 Å². The van der Waals surface area contributed by atoms with Gasteiger partial charge in [0.25, 0.3) is 0 Å². The van der Waals surface area contributed by atoms with Gasteiger partial charge in [-0.1, -0.05) is 35.5 Å². The van der Waals surface area contributed by atoms with E-state index >= 15 is 0 Å². The maximum absolute atomic E-state index is 10.2. The van der Waals surface area contributed by atoms with Gasteiger partial charge in [0.15, 0.2) is 5.82 Å². The van der Waals surface area contributed by atoms with Crippen LogP contribution < -0.4 is 0 Å². The van der Waals surface area contributed by atoms with Crippen molar-refractivity contribution < 1.29 is 14.4 Å². The Morgan fingerprint density at radius 2 is 2.08 bits per heavy atom. The predicted molar refractivity (Wildman–Crippen MR) is 89.4 cm³/mol. The van der Waals surface area contributed by atoms with Gasteiger partial charge < -0.3 is 14.4 Å². The van der Waals surface area contributed by atoms with Gasteiger partial charge in [0, 0.05) is 12.5 Å². The number of rotatable bonds is 9. The smallest absolute Gasteiger partial charge is 0.243 e. The van der Waals surface area contributed by atoms with E-state index in [2.05, 4.69) is 10.1 Å². The zero-order valence-electron chi connectivity index (χ0n) is 14.3. The minimum atomic E-state index is -0.563. The van der Waals surface area contributed by atoms with Gasteiger partial charge in [-0.3, -0.25) is 4.90 Å². The topological polar surface area (TPSA) is 71.6 Å². The first-order chi connectivity index (χ1) is 11.6. The highest BCUT2D eigenvalue weighted by Gasteiger charge is 2.30. The fraction of sp³-hybridized carbons (Fsp3) is 0.556. The van der Waals surface area contributed by atoms with Crippen LogP contribution in [-0.2, 0) is 11.3 Å². The van der Waals surface area contributed by atoms with Crippen molar-refractivity contribution in [2.24, 2.45) is 0 Å². The molecule has 6 heteroatoms. The van der Waals surface area contributed by atoms with Crippen LogP contribution in [0.4, 0.5) is 0 Å². The molecule has 0 radical (unpaired) electrons. The average Bonchev–Trinajstić information content (AvgIpc) is 3.32. The van der Waals surface area contributed by atoms with Gasteiger partial charge in [0.05, 0.1) is 25.4 Å². The summed E-state index contributed by atoms with van der Waals surface area (Å²) in [7, 11) is 1.94. The maximum atomic E-state index is 10.2. The van der Waals surface area contributed by atoms with Crippen LogP contribution in [0, 0.1) is 0 Å². The molecule has 0 unspecified atom stereocenters. The quantitative estimate of drug-likeness (QED) is 0.761. The number of hydrogen-bond acceptors (Lipinski definition) is 6. The van der Waals surface area contributed by atoms with Gasteiger partial charge in [0.1, 0.15) is 0 Å². The summed E-state index contributed by atoms with van der Waals surface area (Å²) in [6, 6.07) is 9.91. The minimum Gasteiger partial charge on any atom is -0.389 e. The predicted octanol–water partition coefficient (Wildman–Crippen LogP) is 2.52. The highest BCUT2D eigenvalue weighted by molar-refractivity contribution is 5.13. The largest absolute Gasteiger partial charge is 0.389 e. The molecule has 1 aliphatic rings. The minimum absolute atomic E-state index is 0.0335. The number of aliphatic hydroxyl groups is 1. The summed E-state index contributed by atoms with van der Waals surface area (Å²) in [6.07, 6.45) is 1.74. The molecular weight excluding hydrogens is 306 g/mol. The molecule has 0 aliphatic heterocycles. The molecule has 0 bridgehead atoms. The van der Waals surface area contributed by atoms with Crippen LogP contribution >= 0.6 is 0 Å². The Hall–Kier alpha value is -1.76. The summed E-state index contributed by atoms with van der Waals surface area (Å²) in [5, 5.41) is 14.2. The summed E-state index contributed by atoms with van der Waals surface area (Å²) in [5.74, 6) is 1.91. The lowest BCUT2D eigenvalue weighted by Gasteiger charge is -2.24. The normalized spacial score (nSPS) is 17.2. The Kier molecular flexibility index (Phi) is 5.60. The molecular formula is C18H25N3O3. The molecule has 0 spiro atoms. The molecule has 1 N–H and O–H groups in total. The van der Waals surface area contributed by atoms with E-state index in [1.54, 1.807) is 0 Å². The summed E-state index contributed by atoms with van der Waals surface area (Å²) in [4.78, 5) is 6.47. The first-order valence-corrected chi connectivity index (χ1v) is 8.47. The van der Waals surface area contributed by atoms with Gasteiger partial charge in [0.2, 0.25) is 5.89 Å². The lowest BCUT2D eigenvalue weighted by molar-refractivity contribution is 0.00653. The Bertz CT molecular complexity index is 627. The second kappa shape index (κ2) is 7.88. The van der Waals surface area contributed by atoms with Crippen molar-refractivity contribution in [2.45, 2.75) is 44.4 Å². The van der Waals surface area contributed by atoms with E-state index in [0.29, 0.717) is 31.6 Å². The molecule has 24 heavy (non-hydrogen) atoms. The molecule has 1 aliphatic carbocycles. The molecule has 130 valence electrons. The molecule has 0 amide bonds. The van der Waals surface area contributed by atoms with Gasteiger partial charge in [-0.25, -0.2) is 0 Å². The van der Waals surface area contributed by atoms with Crippen molar-refractivity contribution in [1.82, 2.24) is 15.0 Å². The average molecular weight is 331 g/mol. The third kappa shape index (κ3) is 4.63. The van der Waals surface area contributed by atoms with E-state index in [4.69, 9.17) is 9.26 Å². The summed E-state index contributed by atoms with van der Waals surface area (Å²) in [5.41, 5.74) is 1.10. The molecule has 1 aromatic carbocycles. The number of ether oxygens (including phenoxy) is 1. The van der Waals surface area contributed by atoms with Crippen molar-refractivity contribution in [1.29, 1.82) is 0 Å². The number of likely N-dealkylation sites (N-methyl/N-ethyl adjacent to an activating group) is 1. The Morgan fingerprint density at radius 3 is 2.79 bits per heavy atom. The van der Waals surface area contributed by atoms with E-state index in [-0.39, 0.29) is 6.04 Å². The van der Waals surface area contributed by atoms with Gasteiger partial charge in [-0.2, -0.15) is 4.98 Å². The van der Waals surface area contributed by atoms with Crippen LogP contribution in [0.2, 0.25) is 0 Å². The zero-order chi connectivity index (χ0) is 16.9. The number of benzene rings is 1. The maximum Gasteiger partial charge on any atom is 0.243 e. The SMILES string of the molecule is C[C@H](c1nc(C2CC2)no1)N(C)C[C@@H](O)COCc1ccccc1. The summed E-state index contributed by atoms with van der Waals surface area (Å²) in [6.45, 7) is 3.29. The zero-order valence-corrected chi connectivity index (χ0v) is 14.3. The third-order valence-corrected chi connectivity index (χ3v) is 4.34. The molecule has 6 nitrogen and oxygen atoms in total. The van der Waals surface area contributed by atoms with Crippen LogP contribution in [0.1, 0.15) is 49.0 Å². The van der Waals surface area contributed by atoms with Crippen LogP contribution in [0.5, 0.6) is 0 Å². The van der Waals surface area contributed by atoms with Crippen LogP contribution in [0.25, 0.3) is 0 Å². The lowest BCUT2D eigenvalue weighted by atomic mass is 10.2. The monoisotopic (exact) mass is 331 g/mol. The number of hydrogen-bond donors (Lipinski definition) is 1. The first kappa shape index (κ1) is 17.1. The van der Waals surface area contributed by atoms with E-state index in [9.17, 15) is 5.11 Å². The van der Waals surface area contributed by atoms with Gasteiger partial charge in [-0.15, -0.1) is 0 Å². The van der Waals surface area contributed by atoms with Crippen LogP contribution in [0.15, 0.2) is 34.9 Å². The first-order valence-electron chi connectivity index (χ1n) is 8.47. The third-order valence-electron chi connectivity index (χ3n) is 4.34. The lowest BCUT2D eigenvalue weighted by Crippen LogP contribution is -2.34. The molecule has 2 atom stereocenters. The number of aliphatic hydroxyl groups excluding tert-OH is 1. The molecule has 1 aromatic heterocycles. The molecule has 1 heterocycles. The van der Waals surface area contributed by atoms with Crippen molar-refractivity contribution in [2.75, 3.05) is 20.2 Å². The summed E-state index contributed by atoms with van der Waals surface area (Å²) >= 11 is 0. The van der Waals surface area contributed by atoms with Crippen molar-refractivity contribution in [3.63, 3.8) is 0 Å². The molecule has 0 saturated heterocycles. The Labute approximate surface area is 142 Å². The number of aromatic nitrogens is 2. The van der Waals surface area contributed by atoms with Crippen LogP contribution in [0.3, 0.4) is 0 Å². The molecule has 2 aromatic rings. The van der Waals surface area contributed by atoms with Crippen LogP contribution in [-0.4, -0.2) is 46.5 Å². The fourth-order valence-electron chi connectivity index (χ4n) is 2.54. The van der Waals surface area contributed by atoms with Crippen molar-refractivity contribution >= 4 is 0 Å².